The van der Waals surface area contributed by atoms with Crippen LogP contribution in [0.25, 0.3) is 22.4 Å². The predicted molar refractivity (Wildman–Crippen MR) is 100 cm³/mol. The van der Waals surface area contributed by atoms with Gasteiger partial charge in [0.25, 0.3) is 0 Å². The molecule has 1 aliphatic rings. The number of anilines is 1. The highest BCUT2D eigenvalue weighted by atomic mass is 16.7. The Morgan fingerprint density at radius 1 is 1.07 bits per heavy atom. The molecule has 0 saturated heterocycles. The standard InChI is InChI=1S/C20H17N5O2/c1-11(2)20-23-8-13(9-24-20)14-6-16(25-19(22)15(14)7-21)12-3-4-17-18(5-12)27-10-26-17/h3-6,8-9,11H,10H2,1-2H3,(H2,22,25). The molecule has 0 aliphatic carbocycles. The molecule has 4 rings (SSSR count). The van der Waals surface area contributed by atoms with Crippen molar-refractivity contribution < 1.29 is 9.47 Å². The zero-order chi connectivity index (χ0) is 19.0. The van der Waals surface area contributed by atoms with Gasteiger partial charge >= 0.3 is 0 Å². The fourth-order valence-corrected chi connectivity index (χ4v) is 2.89. The third-order valence-electron chi connectivity index (χ3n) is 4.33. The van der Waals surface area contributed by atoms with Crippen molar-refractivity contribution in [3.05, 3.63) is 48.0 Å². The summed E-state index contributed by atoms with van der Waals surface area (Å²) in [5, 5.41) is 9.54. The van der Waals surface area contributed by atoms with Crippen LogP contribution in [0.3, 0.4) is 0 Å². The molecule has 27 heavy (non-hydrogen) atoms. The predicted octanol–water partition coefficient (Wildman–Crippen LogP) is 3.51. The third kappa shape index (κ3) is 3.02. The summed E-state index contributed by atoms with van der Waals surface area (Å²) in [5.74, 6) is 2.48. The molecule has 0 fully saturated rings. The molecule has 3 aromatic rings. The topological polar surface area (TPSA) is 107 Å². The molecule has 7 nitrogen and oxygen atoms in total. The van der Waals surface area contributed by atoms with Gasteiger partial charge in [0.05, 0.1) is 5.69 Å². The number of nitrogens with two attached hydrogens (primary N) is 1. The Bertz CT molecular complexity index is 1060. The van der Waals surface area contributed by atoms with Gasteiger partial charge in [0, 0.05) is 35.0 Å². The van der Waals surface area contributed by atoms with Crippen LogP contribution in [-0.4, -0.2) is 21.7 Å². The molecular weight excluding hydrogens is 342 g/mol. The van der Waals surface area contributed by atoms with Gasteiger partial charge in [0.2, 0.25) is 6.79 Å². The smallest absolute Gasteiger partial charge is 0.231 e. The summed E-state index contributed by atoms with van der Waals surface area (Å²) in [6.07, 6.45) is 3.42. The molecule has 0 unspecified atom stereocenters. The molecule has 3 heterocycles. The normalized spacial score (nSPS) is 12.2. The Morgan fingerprint density at radius 2 is 1.81 bits per heavy atom. The number of benzene rings is 1. The Morgan fingerprint density at radius 3 is 2.52 bits per heavy atom. The molecule has 2 aromatic heterocycles. The zero-order valence-corrected chi connectivity index (χ0v) is 14.9. The van der Waals surface area contributed by atoms with E-state index in [1.165, 1.54) is 0 Å². The lowest BCUT2D eigenvalue weighted by Crippen LogP contribution is -2.01. The first-order chi connectivity index (χ1) is 13.1. The first kappa shape index (κ1) is 16.8. The van der Waals surface area contributed by atoms with Gasteiger partial charge in [-0.1, -0.05) is 13.8 Å². The van der Waals surface area contributed by atoms with E-state index in [0.717, 1.165) is 11.4 Å². The van der Waals surface area contributed by atoms with Crippen LogP contribution in [0.4, 0.5) is 5.82 Å². The minimum atomic E-state index is 0.163. The average Bonchev–Trinajstić information content (AvgIpc) is 3.15. The van der Waals surface area contributed by atoms with Gasteiger partial charge in [0.15, 0.2) is 11.5 Å². The second-order valence-electron chi connectivity index (χ2n) is 6.48. The fraction of sp³-hybridized carbons (Fsp3) is 0.200. The monoisotopic (exact) mass is 359 g/mol. The van der Waals surface area contributed by atoms with Gasteiger partial charge < -0.3 is 15.2 Å². The van der Waals surface area contributed by atoms with Crippen LogP contribution in [-0.2, 0) is 0 Å². The first-order valence-corrected chi connectivity index (χ1v) is 8.49. The Balaban J connectivity index is 1.83. The lowest BCUT2D eigenvalue weighted by Gasteiger charge is -2.11. The molecule has 0 atom stereocenters. The molecule has 1 aromatic carbocycles. The molecular formula is C20H17N5O2. The summed E-state index contributed by atoms with van der Waals surface area (Å²) in [5.41, 5.74) is 9.18. The number of nitrogens with zero attached hydrogens (tertiary/aromatic N) is 4. The SMILES string of the molecule is CC(C)c1ncc(-c2cc(-c3ccc4c(c3)OCO4)nc(N)c2C#N)cn1. The van der Waals surface area contributed by atoms with Gasteiger partial charge in [-0.2, -0.15) is 5.26 Å². The minimum absolute atomic E-state index is 0.163. The van der Waals surface area contributed by atoms with E-state index in [1.54, 1.807) is 12.4 Å². The van der Waals surface area contributed by atoms with Crippen LogP contribution >= 0.6 is 0 Å². The highest BCUT2D eigenvalue weighted by molar-refractivity contribution is 5.80. The van der Waals surface area contributed by atoms with E-state index in [4.69, 9.17) is 15.2 Å². The first-order valence-electron chi connectivity index (χ1n) is 8.49. The van der Waals surface area contributed by atoms with E-state index >= 15 is 0 Å². The number of rotatable bonds is 3. The van der Waals surface area contributed by atoms with E-state index in [2.05, 4.69) is 21.0 Å². The Hall–Kier alpha value is -3.66. The summed E-state index contributed by atoms with van der Waals surface area (Å²) in [6, 6.07) is 9.50. The van der Waals surface area contributed by atoms with E-state index < -0.39 is 0 Å². The highest BCUT2D eigenvalue weighted by Gasteiger charge is 2.18. The number of aromatic nitrogens is 3. The van der Waals surface area contributed by atoms with Crippen molar-refractivity contribution in [3.63, 3.8) is 0 Å². The number of hydrogen-bond donors (Lipinski definition) is 1. The van der Waals surface area contributed by atoms with Gasteiger partial charge in [-0.25, -0.2) is 15.0 Å². The number of hydrogen-bond acceptors (Lipinski definition) is 7. The molecule has 2 N–H and O–H groups in total. The van der Waals surface area contributed by atoms with E-state index in [9.17, 15) is 5.26 Å². The number of nitriles is 1. The van der Waals surface area contributed by atoms with Crippen molar-refractivity contribution in [2.45, 2.75) is 19.8 Å². The van der Waals surface area contributed by atoms with Gasteiger partial charge in [-0.05, 0) is 24.3 Å². The number of pyridine rings is 1. The van der Waals surface area contributed by atoms with Crippen molar-refractivity contribution in [1.29, 1.82) is 5.26 Å². The van der Waals surface area contributed by atoms with Crippen LogP contribution < -0.4 is 15.2 Å². The molecule has 0 saturated carbocycles. The van der Waals surface area contributed by atoms with Crippen molar-refractivity contribution in [2.75, 3.05) is 12.5 Å². The summed E-state index contributed by atoms with van der Waals surface area (Å²) >= 11 is 0. The van der Waals surface area contributed by atoms with E-state index in [-0.39, 0.29) is 18.5 Å². The van der Waals surface area contributed by atoms with Gasteiger partial charge in [0.1, 0.15) is 23.3 Å². The fourth-order valence-electron chi connectivity index (χ4n) is 2.89. The van der Waals surface area contributed by atoms with Crippen molar-refractivity contribution >= 4 is 5.82 Å². The Kier molecular flexibility index (Phi) is 4.09. The lowest BCUT2D eigenvalue weighted by molar-refractivity contribution is 0.174. The maximum atomic E-state index is 9.54. The third-order valence-corrected chi connectivity index (χ3v) is 4.33. The van der Waals surface area contributed by atoms with Gasteiger partial charge in [-0.3, -0.25) is 0 Å². The summed E-state index contributed by atoms with van der Waals surface area (Å²) in [7, 11) is 0. The largest absolute Gasteiger partial charge is 0.454 e. The molecule has 1 aliphatic heterocycles. The van der Waals surface area contributed by atoms with E-state index in [0.29, 0.717) is 33.9 Å². The molecule has 0 radical (unpaired) electrons. The minimum Gasteiger partial charge on any atom is -0.454 e. The highest BCUT2D eigenvalue weighted by Crippen LogP contribution is 2.37. The second-order valence-corrected chi connectivity index (χ2v) is 6.48. The second kappa shape index (κ2) is 6.57. The molecule has 7 heteroatoms. The van der Waals surface area contributed by atoms with Crippen LogP contribution in [0.5, 0.6) is 11.5 Å². The summed E-state index contributed by atoms with van der Waals surface area (Å²) in [4.78, 5) is 13.2. The van der Waals surface area contributed by atoms with Crippen molar-refractivity contribution in [2.24, 2.45) is 0 Å². The lowest BCUT2D eigenvalue weighted by atomic mass is 10.00. The maximum absolute atomic E-state index is 9.54. The summed E-state index contributed by atoms with van der Waals surface area (Å²) < 4.78 is 10.8. The number of fused-ring (bicyclic) bond motifs is 1. The molecule has 0 amide bonds. The van der Waals surface area contributed by atoms with Crippen molar-refractivity contribution in [3.8, 4) is 40.0 Å². The average molecular weight is 359 g/mol. The Labute approximate surface area is 156 Å². The molecule has 0 bridgehead atoms. The van der Waals surface area contributed by atoms with Crippen LogP contribution in [0.15, 0.2) is 36.7 Å². The zero-order valence-electron chi connectivity index (χ0n) is 14.9. The van der Waals surface area contributed by atoms with Crippen LogP contribution in [0.1, 0.15) is 31.2 Å². The summed E-state index contributed by atoms with van der Waals surface area (Å²) in [6.45, 7) is 4.25. The van der Waals surface area contributed by atoms with Crippen molar-refractivity contribution in [1.82, 2.24) is 15.0 Å². The maximum Gasteiger partial charge on any atom is 0.231 e. The quantitative estimate of drug-likeness (QED) is 0.762. The number of nitrogen functional groups attached to an aromatic ring is 1. The van der Waals surface area contributed by atoms with Crippen LogP contribution in [0, 0.1) is 11.3 Å². The molecule has 0 spiro atoms. The van der Waals surface area contributed by atoms with Crippen LogP contribution in [0.2, 0.25) is 0 Å². The van der Waals surface area contributed by atoms with Gasteiger partial charge in [-0.15, -0.1) is 0 Å². The number of ether oxygens (including phenoxy) is 2. The van der Waals surface area contributed by atoms with E-state index in [1.807, 2.05) is 38.1 Å². The molecule has 134 valence electrons.